The first-order valence-corrected chi connectivity index (χ1v) is 8.01. The third-order valence-electron chi connectivity index (χ3n) is 4.13. The van der Waals surface area contributed by atoms with Gasteiger partial charge in [-0.25, -0.2) is 0 Å². The largest absolute Gasteiger partial charge is 0.346 e. The molecule has 8 heteroatoms. The molecule has 138 valence electrons. The first kappa shape index (κ1) is 20.9. The molecule has 1 heterocycles. The highest BCUT2D eigenvalue weighted by Crippen LogP contribution is 2.21. The molecule has 0 aromatic heterocycles. The van der Waals surface area contributed by atoms with Gasteiger partial charge in [0.15, 0.2) is 0 Å². The molecule has 3 amide bonds. The van der Waals surface area contributed by atoms with E-state index in [1.807, 2.05) is 19.9 Å². The average molecular weight is 369 g/mol. The fraction of sp³-hybridized carbons (Fsp3) is 0.471. The molecule has 0 radical (unpaired) electrons. The summed E-state index contributed by atoms with van der Waals surface area (Å²) in [5.41, 5.74) is 7.83. The molecule has 1 aromatic carbocycles. The summed E-state index contributed by atoms with van der Waals surface area (Å²) in [7, 11) is 1.75. The van der Waals surface area contributed by atoms with Crippen LogP contribution in [0.4, 0.5) is 5.69 Å². The maximum absolute atomic E-state index is 12.2. The molecule has 1 aliphatic rings. The van der Waals surface area contributed by atoms with Crippen LogP contribution in [0.1, 0.15) is 29.8 Å². The lowest BCUT2D eigenvalue weighted by Crippen LogP contribution is -2.46. The van der Waals surface area contributed by atoms with Crippen LogP contribution in [0.15, 0.2) is 18.2 Å². The van der Waals surface area contributed by atoms with Gasteiger partial charge in [0.25, 0.3) is 5.91 Å². The normalized spacial score (nSPS) is 14.4. The number of rotatable bonds is 5. The van der Waals surface area contributed by atoms with Gasteiger partial charge >= 0.3 is 0 Å². The van der Waals surface area contributed by atoms with Gasteiger partial charge in [0.05, 0.1) is 12.6 Å². The number of nitrogens with two attached hydrogens (primary N) is 1. The monoisotopic (exact) mass is 368 g/mol. The second-order valence-electron chi connectivity index (χ2n) is 6.38. The summed E-state index contributed by atoms with van der Waals surface area (Å²) in [6, 6.07) is 4.64. The first-order chi connectivity index (χ1) is 11.3. The van der Waals surface area contributed by atoms with E-state index < -0.39 is 6.04 Å². The van der Waals surface area contributed by atoms with Crippen molar-refractivity contribution >= 4 is 35.8 Å². The highest BCUT2D eigenvalue weighted by Gasteiger charge is 2.22. The Balaban J connectivity index is 0.00000312. The number of benzene rings is 1. The van der Waals surface area contributed by atoms with Gasteiger partial charge in [-0.15, -0.1) is 12.4 Å². The van der Waals surface area contributed by atoms with Crippen LogP contribution in [-0.4, -0.2) is 48.8 Å². The van der Waals surface area contributed by atoms with Crippen LogP contribution in [0.5, 0.6) is 0 Å². The van der Waals surface area contributed by atoms with E-state index in [4.69, 9.17) is 5.73 Å². The summed E-state index contributed by atoms with van der Waals surface area (Å²) < 4.78 is 0. The SMILES string of the molecule is CC(C)[C@H](N)C(=O)NCC(=O)Nc1ccc2c(c1)C(=O)N(C)CC2.Cl. The second kappa shape index (κ2) is 8.82. The third kappa shape index (κ3) is 5.17. The van der Waals surface area contributed by atoms with E-state index in [9.17, 15) is 14.4 Å². The fourth-order valence-electron chi connectivity index (χ4n) is 2.46. The van der Waals surface area contributed by atoms with E-state index in [1.165, 1.54) is 0 Å². The maximum Gasteiger partial charge on any atom is 0.253 e. The van der Waals surface area contributed by atoms with Crippen LogP contribution >= 0.6 is 12.4 Å². The number of nitrogens with zero attached hydrogens (tertiary/aromatic N) is 1. The van der Waals surface area contributed by atoms with E-state index in [1.54, 1.807) is 24.1 Å². The van der Waals surface area contributed by atoms with Crippen LogP contribution in [-0.2, 0) is 16.0 Å². The minimum Gasteiger partial charge on any atom is -0.346 e. The molecule has 0 fully saturated rings. The quantitative estimate of drug-likeness (QED) is 0.714. The van der Waals surface area contributed by atoms with E-state index in [2.05, 4.69) is 10.6 Å². The zero-order chi connectivity index (χ0) is 17.9. The number of hydrogen-bond acceptors (Lipinski definition) is 4. The van der Waals surface area contributed by atoms with Crippen LogP contribution in [0, 0.1) is 5.92 Å². The molecule has 25 heavy (non-hydrogen) atoms. The van der Waals surface area contributed by atoms with E-state index in [-0.39, 0.29) is 42.6 Å². The second-order valence-corrected chi connectivity index (χ2v) is 6.38. The molecule has 0 aliphatic carbocycles. The lowest BCUT2D eigenvalue weighted by molar-refractivity contribution is -0.125. The molecule has 0 spiro atoms. The summed E-state index contributed by atoms with van der Waals surface area (Å²) in [5.74, 6) is -0.779. The van der Waals surface area contributed by atoms with Crippen molar-refractivity contribution in [2.75, 3.05) is 25.5 Å². The van der Waals surface area contributed by atoms with Crippen LogP contribution in [0.25, 0.3) is 0 Å². The molecule has 0 unspecified atom stereocenters. The Kier molecular flexibility index (Phi) is 7.38. The van der Waals surface area contributed by atoms with Crippen LogP contribution < -0.4 is 16.4 Å². The topological polar surface area (TPSA) is 105 Å². The summed E-state index contributed by atoms with van der Waals surface area (Å²) in [6.07, 6.45) is 0.801. The average Bonchev–Trinajstić information content (AvgIpc) is 2.55. The van der Waals surface area contributed by atoms with E-state index in [0.717, 1.165) is 12.0 Å². The Hall–Kier alpha value is -2.12. The van der Waals surface area contributed by atoms with E-state index >= 15 is 0 Å². The zero-order valence-electron chi connectivity index (χ0n) is 14.7. The molecule has 0 bridgehead atoms. The predicted molar refractivity (Wildman–Crippen MR) is 98.8 cm³/mol. The number of hydrogen-bond donors (Lipinski definition) is 3. The van der Waals surface area contributed by atoms with Crippen molar-refractivity contribution in [3.8, 4) is 0 Å². The number of carbonyl (C=O) groups excluding carboxylic acids is 3. The van der Waals surface area contributed by atoms with Crippen molar-refractivity contribution in [1.29, 1.82) is 0 Å². The summed E-state index contributed by atoms with van der Waals surface area (Å²) in [4.78, 5) is 37.5. The molecule has 1 atom stereocenters. The predicted octanol–water partition coefficient (Wildman–Crippen LogP) is 0.775. The van der Waals surface area contributed by atoms with Crippen molar-refractivity contribution in [2.24, 2.45) is 11.7 Å². The van der Waals surface area contributed by atoms with Gasteiger partial charge in [-0.1, -0.05) is 19.9 Å². The smallest absolute Gasteiger partial charge is 0.253 e. The minimum absolute atomic E-state index is 0. The molecule has 1 aliphatic heterocycles. The molecule has 1 aromatic rings. The van der Waals surface area contributed by atoms with Crippen molar-refractivity contribution in [3.05, 3.63) is 29.3 Å². The van der Waals surface area contributed by atoms with Gasteiger partial charge in [-0.3, -0.25) is 14.4 Å². The third-order valence-corrected chi connectivity index (χ3v) is 4.13. The number of fused-ring (bicyclic) bond motifs is 1. The molecule has 7 nitrogen and oxygen atoms in total. The number of carbonyl (C=O) groups is 3. The number of halogens is 1. The number of anilines is 1. The standard InChI is InChI=1S/C17H24N4O3.ClH/c1-10(2)15(18)16(23)19-9-14(22)20-12-5-4-11-6-7-21(3)17(24)13(11)8-12;/h4-5,8,10,15H,6-7,9,18H2,1-3H3,(H,19,23)(H,20,22);1H/t15-;/m0./s1. The van der Waals surface area contributed by atoms with Crippen molar-refractivity contribution < 1.29 is 14.4 Å². The van der Waals surface area contributed by atoms with Crippen LogP contribution in [0.3, 0.4) is 0 Å². The summed E-state index contributed by atoms with van der Waals surface area (Å²) in [6.45, 7) is 4.21. The summed E-state index contributed by atoms with van der Waals surface area (Å²) >= 11 is 0. The lowest BCUT2D eigenvalue weighted by Gasteiger charge is -2.25. The van der Waals surface area contributed by atoms with Gasteiger partial charge in [-0.2, -0.15) is 0 Å². The highest BCUT2D eigenvalue weighted by molar-refractivity contribution is 6.00. The Labute approximate surface area is 153 Å². The molecular formula is C17H25ClN4O3. The Morgan fingerprint density at radius 1 is 1.32 bits per heavy atom. The van der Waals surface area contributed by atoms with Crippen LogP contribution in [0.2, 0.25) is 0 Å². The van der Waals surface area contributed by atoms with Gasteiger partial charge < -0.3 is 21.3 Å². The van der Waals surface area contributed by atoms with Gasteiger partial charge in [0.2, 0.25) is 11.8 Å². The van der Waals surface area contributed by atoms with Gasteiger partial charge in [-0.05, 0) is 30.0 Å². The highest BCUT2D eigenvalue weighted by atomic mass is 35.5. The van der Waals surface area contributed by atoms with Crippen molar-refractivity contribution in [1.82, 2.24) is 10.2 Å². The molecular weight excluding hydrogens is 344 g/mol. The number of nitrogens with one attached hydrogen (secondary N) is 2. The molecule has 0 saturated heterocycles. The maximum atomic E-state index is 12.2. The lowest BCUT2D eigenvalue weighted by atomic mass is 9.99. The minimum atomic E-state index is -0.644. The summed E-state index contributed by atoms with van der Waals surface area (Å²) in [5, 5.41) is 5.20. The molecule has 0 saturated carbocycles. The Morgan fingerprint density at radius 3 is 2.64 bits per heavy atom. The molecule has 4 N–H and O–H groups in total. The van der Waals surface area contributed by atoms with Crippen molar-refractivity contribution in [3.63, 3.8) is 0 Å². The van der Waals surface area contributed by atoms with E-state index in [0.29, 0.717) is 17.8 Å². The van der Waals surface area contributed by atoms with Gasteiger partial charge in [0.1, 0.15) is 0 Å². The van der Waals surface area contributed by atoms with Crippen molar-refractivity contribution in [2.45, 2.75) is 26.3 Å². The molecule has 2 rings (SSSR count). The first-order valence-electron chi connectivity index (χ1n) is 8.01. The Morgan fingerprint density at radius 2 is 2.00 bits per heavy atom. The Bertz CT molecular complexity index is 663. The zero-order valence-corrected chi connectivity index (χ0v) is 15.5. The number of amides is 3. The fourth-order valence-corrected chi connectivity index (χ4v) is 2.46. The number of likely N-dealkylation sites (N-methyl/N-ethyl adjacent to an activating group) is 1. The van der Waals surface area contributed by atoms with Gasteiger partial charge in [0, 0.05) is 24.8 Å².